The van der Waals surface area contributed by atoms with Crippen molar-refractivity contribution in [2.45, 2.75) is 63.6 Å². The molecule has 0 saturated heterocycles. The predicted octanol–water partition coefficient (Wildman–Crippen LogP) is 3.10. The highest BCUT2D eigenvalue weighted by Gasteiger charge is 2.39. The Bertz CT molecular complexity index is 579. The van der Waals surface area contributed by atoms with Crippen molar-refractivity contribution in [1.82, 2.24) is 9.62 Å². The highest BCUT2D eigenvalue weighted by molar-refractivity contribution is 9.10. The molecule has 1 N–H and O–H groups in total. The fraction of sp³-hybridized carbons (Fsp3) is 0.714. The Labute approximate surface area is 135 Å². The Morgan fingerprint density at radius 3 is 2.67 bits per heavy atom. The molecule has 1 aromatic heterocycles. The lowest BCUT2D eigenvalue weighted by Crippen LogP contribution is -2.33. The van der Waals surface area contributed by atoms with E-state index in [0.717, 1.165) is 19.3 Å². The molecule has 1 heterocycles. The Kier molecular flexibility index (Phi) is 5.51. The zero-order chi connectivity index (χ0) is 15.6. The quantitative estimate of drug-likeness (QED) is 0.754. The van der Waals surface area contributed by atoms with Crippen LogP contribution in [0.15, 0.2) is 20.0 Å². The average molecular weight is 379 g/mol. The summed E-state index contributed by atoms with van der Waals surface area (Å²) in [7, 11) is -3.48. The number of nitrogens with one attached hydrogen (secondary N) is 1. The van der Waals surface area contributed by atoms with E-state index in [1.807, 2.05) is 20.8 Å². The largest absolute Gasteiger partial charge is 0.452 e. The van der Waals surface area contributed by atoms with Gasteiger partial charge in [-0.25, -0.2) is 8.42 Å². The Balaban J connectivity index is 2.22. The summed E-state index contributed by atoms with van der Waals surface area (Å²) < 4.78 is 33.0. The molecule has 7 heteroatoms. The Hall–Kier alpha value is -0.370. The van der Waals surface area contributed by atoms with Crippen LogP contribution < -0.4 is 5.32 Å². The molecule has 1 aromatic rings. The number of hydrogen-bond donors (Lipinski definition) is 1. The number of rotatable bonds is 8. The molecule has 0 amide bonds. The second kappa shape index (κ2) is 6.81. The third-order valence-electron chi connectivity index (χ3n) is 3.38. The summed E-state index contributed by atoms with van der Waals surface area (Å²) in [5, 5.41) is 3.22. The molecule has 1 aliphatic rings. The summed E-state index contributed by atoms with van der Waals surface area (Å²) in [4.78, 5) is 0.239. The van der Waals surface area contributed by atoms with Gasteiger partial charge in [0.2, 0.25) is 10.0 Å². The van der Waals surface area contributed by atoms with Gasteiger partial charge in [-0.1, -0.05) is 20.8 Å². The molecule has 2 rings (SSSR count). The monoisotopic (exact) mass is 378 g/mol. The van der Waals surface area contributed by atoms with Crippen LogP contribution in [0.1, 0.15) is 45.8 Å². The molecule has 0 atom stereocenters. The molecule has 0 radical (unpaired) electrons. The van der Waals surface area contributed by atoms with Crippen molar-refractivity contribution >= 4 is 26.0 Å². The van der Waals surface area contributed by atoms with Gasteiger partial charge in [0.1, 0.15) is 10.7 Å². The van der Waals surface area contributed by atoms with Crippen molar-refractivity contribution < 1.29 is 12.8 Å². The minimum Gasteiger partial charge on any atom is -0.452 e. The summed E-state index contributed by atoms with van der Waals surface area (Å²) >= 11 is 3.25. The highest BCUT2D eigenvalue weighted by Crippen LogP contribution is 2.35. The van der Waals surface area contributed by atoms with Gasteiger partial charge >= 0.3 is 0 Å². The van der Waals surface area contributed by atoms with Crippen molar-refractivity contribution in [1.29, 1.82) is 0 Å². The summed E-state index contributed by atoms with van der Waals surface area (Å²) in [6, 6.07) is 2.10. The van der Waals surface area contributed by atoms with E-state index < -0.39 is 10.0 Å². The number of hydrogen-bond acceptors (Lipinski definition) is 4. The van der Waals surface area contributed by atoms with Crippen LogP contribution in [-0.4, -0.2) is 31.4 Å². The lowest BCUT2D eigenvalue weighted by molar-refractivity contribution is 0.400. The van der Waals surface area contributed by atoms with Gasteiger partial charge in [0.25, 0.3) is 0 Å². The molecule has 0 bridgehead atoms. The van der Waals surface area contributed by atoms with Crippen LogP contribution in [0.5, 0.6) is 0 Å². The van der Waals surface area contributed by atoms with Gasteiger partial charge in [-0.05, 0) is 35.2 Å². The van der Waals surface area contributed by atoms with E-state index in [9.17, 15) is 8.42 Å². The van der Waals surface area contributed by atoms with Crippen molar-refractivity contribution in [2.75, 3.05) is 6.54 Å². The van der Waals surface area contributed by atoms with Gasteiger partial charge < -0.3 is 9.73 Å². The molecule has 0 unspecified atom stereocenters. The van der Waals surface area contributed by atoms with Gasteiger partial charge in [-0.2, -0.15) is 4.31 Å². The molecular weight excluding hydrogens is 356 g/mol. The molecule has 0 aromatic carbocycles. The Morgan fingerprint density at radius 1 is 1.48 bits per heavy atom. The first-order valence-corrected chi connectivity index (χ1v) is 9.63. The molecule has 1 fully saturated rings. The fourth-order valence-corrected chi connectivity index (χ4v) is 4.91. The van der Waals surface area contributed by atoms with Crippen molar-refractivity contribution in [3.63, 3.8) is 0 Å². The molecule has 0 spiro atoms. The van der Waals surface area contributed by atoms with Crippen LogP contribution in [0.4, 0.5) is 0 Å². The predicted molar refractivity (Wildman–Crippen MR) is 85.6 cm³/mol. The van der Waals surface area contributed by atoms with E-state index in [-0.39, 0.29) is 10.9 Å². The first kappa shape index (κ1) is 17.0. The molecule has 5 nitrogen and oxygen atoms in total. The van der Waals surface area contributed by atoms with E-state index in [4.69, 9.17) is 4.42 Å². The summed E-state index contributed by atoms with van der Waals surface area (Å²) in [6.45, 7) is 7.14. The van der Waals surface area contributed by atoms with E-state index >= 15 is 0 Å². The van der Waals surface area contributed by atoms with Crippen LogP contribution in [0, 0.1) is 0 Å². The van der Waals surface area contributed by atoms with Gasteiger partial charge in [-0.15, -0.1) is 0 Å². The second-order valence-corrected chi connectivity index (χ2v) is 8.31. The third kappa shape index (κ3) is 4.09. The lowest BCUT2D eigenvalue weighted by atomic mass is 10.3. The van der Waals surface area contributed by atoms with Gasteiger partial charge in [-0.3, -0.25) is 0 Å². The van der Waals surface area contributed by atoms with Crippen molar-refractivity contribution in [2.24, 2.45) is 0 Å². The second-order valence-electron chi connectivity index (χ2n) is 5.73. The van der Waals surface area contributed by atoms with E-state index in [1.54, 1.807) is 10.4 Å². The summed E-state index contributed by atoms with van der Waals surface area (Å²) in [6.07, 6.45) is 2.72. The average Bonchev–Trinajstić information content (AvgIpc) is 3.16. The smallest absolute Gasteiger partial charge is 0.247 e. The van der Waals surface area contributed by atoms with Crippen LogP contribution in [0.3, 0.4) is 0 Å². The van der Waals surface area contributed by atoms with Crippen LogP contribution in [0.2, 0.25) is 0 Å². The van der Waals surface area contributed by atoms with E-state index in [2.05, 4.69) is 21.2 Å². The zero-order valence-corrected chi connectivity index (χ0v) is 15.1. The lowest BCUT2D eigenvalue weighted by Gasteiger charge is -2.20. The van der Waals surface area contributed by atoms with E-state index in [1.165, 1.54) is 0 Å². The maximum absolute atomic E-state index is 12.8. The molecule has 0 aliphatic heterocycles. The third-order valence-corrected chi connectivity index (χ3v) is 6.18. The molecular formula is C14H23BrN2O3S. The first-order valence-electron chi connectivity index (χ1n) is 7.39. The maximum Gasteiger partial charge on any atom is 0.247 e. The van der Waals surface area contributed by atoms with Gasteiger partial charge in [0, 0.05) is 24.7 Å². The first-order chi connectivity index (χ1) is 9.86. The SMILES string of the molecule is CCCN(C1CC1)S(=O)(=O)c1cc(CNC(C)C)oc1Br. The maximum atomic E-state index is 12.8. The number of nitrogens with zero attached hydrogens (tertiary/aromatic N) is 1. The van der Waals surface area contributed by atoms with E-state index in [0.29, 0.717) is 29.6 Å². The zero-order valence-electron chi connectivity index (χ0n) is 12.7. The Morgan fingerprint density at radius 2 is 2.14 bits per heavy atom. The highest BCUT2D eigenvalue weighted by atomic mass is 79.9. The topological polar surface area (TPSA) is 62.6 Å². The van der Waals surface area contributed by atoms with Gasteiger partial charge in [0.15, 0.2) is 4.67 Å². The van der Waals surface area contributed by atoms with Crippen LogP contribution in [-0.2, 0) is 16.6 Å². The molecule has 21 heavy (non-hydrogen) atoms. The summed E-state index contributed by atoms with van der Waals surface area (Å²) in [5.74, 6) is 0.626. The minimum absolute atomic E-state index is 0.161. The number of sulfonamides is 1. The van der Waals surface area contributed by atoms with Crippen molar-refractivity contribution in [3.8, 4) is 0 Å². The minimum atomic E-state index is -3.48. The number of halogens is 1. The standard InChI is InChI=1S/C14H23BrN2O3S/c1-4-7-17(11-5-6-11)21(18,19)13-8-12(20-14(13)15)9-16-10(2)3/h8,10-11,16H,4-7,9H2,1-3H3. The fourth-order valence-electron chi connectivity index (χ4n) is 2.17. The van der Waals surface area contributed by atoms with Crippen LogP contribution in [0.25, 0.3) is 0 Å². The molecule has 1 saturated carbocycles. The molecule has 1 aliphatic carbocycles. The number of furan rings is 1. The van der Waals surface area contributed by atoms with Crippen LogP contribution >= 0.6 is 15.9 Å². The van der Waals surface area contributed by atoms with Crippen molar-refractivity contribution in [3.05, 3.63) is 16.5 Å². The van der Waals surface area contributed by atoms with Gasteiger partial charge in [0.05, 0.1) is 6.54 Å². The normalized spacial score (nSPS) is 16.1. The summed E-state index contributed by atoms with van der Waals surface area (Å²) in [5.41, 5.74) is 0. The molecule has 120 valence electrons.